The van der Waals surface area contributed by atoms with E-state index in [1.54, 1.807) is 12.1 Å². The van der Waals surface area contributed by atoms with Gasteiger partial charge in [0.15, 0.2) is 5.78 Å². The number of hydrogen-bond donors (Lipinski definition) is 1. The first-order chi connectivity index (χ1) is 9.63. The molecule has 0 spiro atoms. The summed E-state index contributed by atoms with van der Waals surface area (Å²) in [6.45, 7) is 0. The lowest BCUT2D eigenvalue weighted by atomic mass is 9.82. The standard InChI is InChI=1S/C16H18BrClO2/c17-13-8-6-12(7-9-13)16(20)14(10-18)15(19)11-4-2-1-3-5-11/h6-11,16,20H,1-5H2/b14-10-. The lowest BCUT2D eigenvalue weighted by Gasteiger charge is -2.23. The molecule has 1 aliphatic carbocycles. The second-order valence-electron chi connectivity index (χ2n) is 5.22. The normalized spacial score (nSPS) is 18.9. The quantitative estimate of drug-likeness (QED) is 0.789. The number of benzene rings is 1. The third-order valence-corrected chi connectivity index (χ3v) is 4.62. The van der Waals surface area contributed by atoms with Crippen LogP contribution in [0, 0.1) is 5.92 Å². The summed E-state index contributed by atoms with van der Waals surface area (Å²) >= 11 is 9.16. The highest BCUT2D eigenvalue weighted by atomic mass is 79.9. The van der Waals surface area contributed by atoms with Crippen molar-refractivity contribution in [3.05, 3.63) is 45.4 Å². The molecule has 1 aliphatic rings. The van der Waals surface area contributed by atoms with E-state index in [1.807, 2.05) is 12.1 Å². The number of carbonyl (C=O) groups is 1. The van der Waals surface area contributed by atoms with Crippen molar-refractivity contribution in [3.8, 4) is 0 Å². The van der Waals surface area contributed by atoms with Gasteiger partial charge in [0.05, 0.1) is 0 Å². The van der Waals surface area contributed by atoms with E-state index >= 15 is 0 Å². The second kappa shape index (κ2) is 7.39. The van der Waals surface area contributed by atoms with E-state index in [9.17, 15) is 9.90 Å². The van der Waals surface area contributed by atoms with Gasteiger partial charge in [0.1, 0.15) is 6.10 Å². The molecule has 1 N–H and O–H groups in total. The molecule has 1 aromatic carbocycles. The molecule has 2 nitrogen and oxygen atoms in total. The number of ketones is 1. The van der Waals surface area contributed by atoms with Gasteiger partial charge in [-0.2, -0.15) is 0 Å². The summed E-state index contributed by atoms with van der Waals surface area (Å²) in [6, 6.07) is 7.28. The summed E-state index contributed by atoms with van der Waals surface area (Å²) in [5, 5.41) is 10.4. The number of Topliss-reactive ketones (excluding diaryl/α,β-unsaturated/α-hetero) is 1. The minimum absolute atomic E-state index is 0.00452. The third kappa shape index (κ3) is 3.72. The molecule has 1 atom stereocenters. The minimum atomic E-state index is -0.949. The first-order valence-electron chi connectivity index (χ1n) is 6.91. The predicted octanol–water partition coefficient (Wildman–Crippen LogP) is 4.75. The average molecular weight is 358 g/mol. The van der Waals surface area contributed by atoms with Crippen LogP contribution in [-0.2, 0) is 4.79 Å². The topological polar surface area (TPSA) is 37.3 Å². The maximum absolute atomic E-state index is 12.5. The molecular formula is C16H18BrClO2. The Labute approximate surface area is 133 Å². The highest BCUT2D eigenvalue weighted by Gasteiger charge is 2.28. The number of aliphatic hydroxyl groups excluding tert-OH is 1. The fraction of sp³-hybridized carbons (Fsp3) is 0.438. The number of halogens is 2. The van der Waals surface area contributed by atoms with E-state index in [0.29, 0.717) is 11.1 Å². The van der Waals surface area contributed by atoms with Crippen LogP contribution in [0.25, 0.3) is 0 Å². The van der Waals surface area contributed by atoms with Crippen molar-refractivity contribution in [2.45, 2.75) is 38.2 Å². The fourth-order valence-electron chi connectivity index (χ4n) is 2.67. The van der Waals surface area contributed by atoms with Crippen LogP contribution >= 0.6 is 27.5 Å². The Morgan fingerprint density at radius 2 is 1.85 bits per heavy atom. The molecule has 0 aromatic heterocycles. The SMILES string of the molecule is O=C(/C(=C/Cl)C(O)c1ccc(Br)cc1)C1CCCCC1. The minimum Gasteiger partial charge on any atom is -0.383 e. The van der Waals surface area contributed by atoms with E-state index in [1.165, 1.54) is 12.0 Å². The van der Waals surface area contributed by atoms with Crippen LogP contribution in [0.15, 0.2) is 39.8 Å². The van der Waals surface area contributed by atoms with Gasteiger partial charge in [0.2, 0.25) is 0 Å². The Balaban J connectivity index is 2.14. The zero-order valence-corrected chi connectivity index (χ0v) is 13.5. The van der Waals surface area contributed by atoms with Crippen LogP contribution in [0.2, 0.25) is 0 Å². The number of rotatable bonds is 4. The van der Waals surface area contributed by atoms with Gasteiger partial charge in [0.25, 0.3) is 0 Å². The van der Waals surface area contributed by atoms with Gasteiger partial charge in [0, 0.05) is 21.5 Å². The molecule has 1 unspecified atom stereocenters. The molecule has 0 amide bonds. The second-order valence-corrected chi connectivity index (χ2v) is 6.35. The highest BCUT2D eigenvalue weighted by Crippen LogP contribution is 2.32. The van der Waals surface area contributed by atoms with Crippen molar-refractivity contribution in [3.63, 3.8) is 0 Å². The summed E-state index contributed by atoms with van der Waals surface area (Å²) in [5.74, 6) is 0.00830. The highest BCUT2D eigenvalue weighted by molar-refractivity contribution is 9.10. The summed E-state index contributed by atoms with van der Waals surface area (Å²) in [5.41, 5.74) is 2.23. The van der Waals surface area contributed by atoms with Crippen molar-refractivity contribution < 1.29 is 9.90 Å². The monoisotopic (exact) mass is 356 g/mol. The molecule has 1 saturated carbocycles. The first-order valence-corrected chi connectivity index (χ1v) is 8.14. The van der Waals surface area contributed by atoms with Gasteiger partial charge in [-0.15, -0.1) is 0 Å². The predicted molar refractivity (Wildman–Crippen MR) is 84.6 cm³/mol. The summed E-state index contributed by atoms with van der Waals surface area (Å²) in [4.78, 5) is 12.5. The van der Waals surface area contributed by atoms with Crippen LogP contribution in [0.4, 0.5) is 0 Å². The van der Waals surface area contributed by atoms with Crippen LogP contribution in [0.5, 0.6) is 0 Å². The number of aliphatic hydroxyl groups is 1. The van der Waals surface area contributed by atoms with Crippen molar-refractivity contribution in [2.75, 3.05) is 0 Å². The molecule has 0 bridgehead atoms. The zero-order chi connectivity index (χ0) is 14.5. The van der Waals surface area contributed by atoms with Crippen LogP contribution in [-0.4, -0.2) is 10.9 Å². The molecule has 108 valence electrons. The molecule has 20 heavy (non-hydrogen) atoms. The molecule has 0 saturated heterocycles. The molecule has 0 aliphatic heterocycles. The average Bonchev–Trinajstić information content (AvgIpc) is 2.49. The Kier molecular flexibility index (Phi) is 5.82. The van der Waals surface area contributed by atoms with Crippen molar-refractivity contribution in [1.82, 2.24) is 0 Å². The molecule has 4 heteroatoms. The Hall–Kier alpha value is -0.640. The van der Waals surface area contributed by atoms with Gasteiger partial charge < -0.3 is 5.11 Å². The Morgan fingerprint density at radius 3 is 2.40 bits per heavy atom. The fourth-order valence-corrected chi connectivity index (χ4v) is 3.16. The van der Waals surface area contributed by atoms with E-state index < -0.39 is 6.10 Å². The molecule has 0 radical (unpaired) electrons. The van der Waals surface area contributed by atoms with Crippen LogP contribution in [0.3, 0.4) is 0 Å². The van der Waals surface area contributed by atoms with Gasteiger partial charge in [-0.25, -0.2) is 0 Å². The van der Waals surface area contributed by atoms with Crippen molar-refractivity contribution in [1.29, 1.82) is 0 Å². The summed E-state index contributed by atoms with van der Waals surface area (Å²) in [6.07, 6.45) is 4.22. The molecule has 1 fully saturated rings. The van der Waals surface area contributed by atoms with Gasteiger partial charge >= 0.3 is 0 Å². The van der Waals surface area contributed by atoms with Crippen LogP contribution in [0.1, 0.15) is 43.8 Å². The van der Waals surface area contributed by atoms with Crippen molar-refractivity contribution in [2.24, 2.45) is 5.92 Å². The third-order valence-electron chi connectivity index (χ3n) is 3.86. The zero-order valence-electron chi connectivity index (χ0n) is 11.2. The van der Waals surface area contributed by atoms with Gasteiger partial charge in [-0.3, -0.25) is 4.79 Å². The number of carbonyl (C=O) groups excluding carboxylic acids is 1. The van der Waals surface area contributed by atoms with E-state index in [2.05, 4.69) is 15.9 Å². The molecule has 0 heterocycles. The van der Waals surface area contributed by atoms with Crippen molar-refractivity contribution >= 4 is 33.3 Å². The smallest absolute Gasteiger partial charge is 0.165 e. The molecule has 2 rings (SSSR count). The largest absolute Gasteiger partial charge is 0.383 e. The van der Waals surface area contributed by atoms with E-state index in [0.717, 1.165) is 30.2 Å². The lowest BCUT2D eigenvalue weighted by molar-refractivity contribution is -0.121. The van der Waals surface area contributed by atoms with Gasteiger partial charge in [-0.1, -0.05) is 58.9 Å². The summed E-state index contributed by atoms with van der Waals surface area (Å²) in [7, 11) is 0. The maximum Gasteiger partial charge on any atom is 0.165 e. The molecule has 1 aromatic rings. The lowest BCUT2D eigenvalue weighted by Crippen LogP contribution is -2.22. The molecular weight excluding hydrogens is 340 g/mol. The van der Waals surface area contributed by atoms with Crippen LogP contribution < -0.4 is 0 Å². The van der Waals surface area contributed by atoms with Gasteiger partial charge in [-0.05, 0) is 30.5 Å². The van der Waals surface area contributed by atoms with E-state index in [4.69, 9.17) is 11.6 Å². The maximum atomic E-state index is 12.5. The first kappa shape index (κ1) is 15.7. The Morgan fingerprint density at radius 1 is 1.25 bits per heavy atom. The number of hydrogen-bond acceptors (Lipinski definition) is 2. The van der Waals surface area contributed by atoms with E-state index in [-0.39, 0.29) is 11.7 Å². The summed E-state index contributed by atoms with van der Waals surface area (Å²) < 4.78 is 0.934. The Bertz CT molecular complexity index is 490.